The molecule has 8 heteroatoms. The molecular weight excluding hydrogens is 705 g/mol. The maximum Gasteiger partial charge on any atom is 0.240 e. The molecule has 57 heavy (non-hydrogen) atoms. The van der Waals surface area contributed by atoms with Crippen molar-refractivity contribution in [3.8, 4) is 0 Å². The van der Waals surface area contributed by atoms with E-state index in [4.69, 9.17) is 20.0 Å². The Hall–Kier alpha value is -4.82. The van der Waals surface area contributed by atoms with Crippen LogP contribution in [-0.4, -0.2) is 24.2 Å². The van der Waals surface area contributed by atoms with Crippen LogP contribution in [-0.2, 0) is 9.59 Å². The molecule has 0 amide bonds. The SMILES string of the molecule is CC(C)c1cc(C(C)C)c(N=C=Nc2c(C(C)C)cc(C(C)C)c(N=C=Nc3c(C(C)C)cc(C(C)C)c(N=C=O)c3C(C)C)c2C(C)C)c(C(C)C)c1N=C=O. The second-order valence-corrected chi connectivity index (χ2v) is 17.9. The van der Waals surface area contributed by atoms with E-state index in [9.17, 15) is 9.59 Å². The standard InChI is InChI=1S/C49H66N6O2/c1-26(2)35-19-36(27(3)4)45(51-23-53-47-38(29(7)8)21-40(31(11)12)49(55-25-57)43(47)34(17)18)41(32(13)14)44(35)50-22-52-46-37(28(5)6)20-39(30(9)10)48(54-24-56)42(46)33(15)16/h19-21,26-34H,1-18H3. The van der Waals surface area contributed by atoms with Crippen LogP contribution in [0.4, 0.5) is 34.1 Å². The summed E-state index contributed by atoms with van der Waals surface area (Å²) in [6, 6.07) is 12.7. The first-order valence-electron chi connectivity index (χ1n) is 20.8. The highest BCUT2D eigenvalue weighted by molar-refractivity contribution is 5.79. The molecule has 3 aromatic carbocycles. The molecule has 304 valence electrons. The van der Waals surface area contributed by atoms with Gasteiger partial charge in [0.2, 0.25) is 12.2 Å². The Bertz CT molecular complexity index is 2030. The number of carbonyl (C=O) groups excluding carboxylic acids is 2. The Morgan fingerprint density at radius 2 is 0.474 bits per heavy atom. The van der Waals surface area contributed by atoms with E-state index in [-0.39, 0.29) is 53.3 Å². The molecule has 0 saturated heterocycles. The van der Waals surface area contributed by atoms with Gasteiger partial charge in [0.05, 0.1) is 34.1 Å². The number of hydrogen-bond donors (Lipinski definition) is 0. The Labute approximate surface area is 343 Å². The van der Waals surface area contributed by atoms with Gasteiger partial charge in [-0.05, 0) is 86.6 Å². The fourth-order valence-electron chi connectivity index (χ4n) is 7.55. The molecular formula is C49H66N6O2. The van der Waals surface area contributed by atoms with E-state index < -0.39 is 0 Å². The molecule has 0 saturated carbocycles. The van der Waals surface area contributed by atoms with Crippen molar-refractivity contribution in [3.63, 3.8) is 0 Å². The monoisotopic (exact) mass is 771 g/mol. The number of benzene rings is 3. The van der Waals surface area contributed by atoms with Crippen molar-refractivity contribution in [2.24, 2.45) is 30.0 Å². The predicted octanol–water partition coefficient (Wildman–Crippen LogP) is 16.0. The van der Waals surface area contributed by atoms with Crippen LogP contribution in [0.15, 0.2) is 48.2 Å². The van der Waals surface area contributed by atoms with Crippen LogP contribution in [0.1, 0.15) is 228 Å². The molecule has 0 aliphatic carbocycles. The van der Waals surface area contributed by atoms with Crippen LogP contribution in [0.2, 0.25) is 0 Å². The number of nitrogens with zero attached hydrogens (tertiary/aromatic N) is 6. The van der Waals surface area contributed by atoms with Crippen LogP contribution in [0.25, 0.3) is 0 Å². The van der Waals surface area contributed by atoms with Gasteiger partial charge in [-0.2, -0.15) is 30.0 Å². The highest BCUT2D eigenvalue weighted by atomic mass is 16.1. The van der Waals surface area contributed by atoms with E-state index in [0.29, 0.717) is 11.4 Å². The Morgan fingerprint density at radius 1 is 0.298 bits per heavy atom. The Morgan fingerprint density at radius 3 is 0.614 bits per heavy atom. The third-order valence-electron chi connectivity index (χ3n) is 10.5. The van der Waals surface area contributed by atoms with Gasteiger partial charge in [-0.25, -0.2) is 9.59 Å². The Balaban J connectivity index is 2.54. The lowest BCUT2D eigenvalue weighted by molar-refractivity contribution is 0.564. The third-order valence-corrected chi connectivity index (χ3v) is 10.5. The molecule has 0 fully saturated rings. The number of hydrogen-bond acceptors (Lipinski definition) is 8. The van der Waals surface area contributed by atoms with Crippen molar-refractivity contribution in [1.82, 2.24) is 0 Å². The number of isocyanates is 2. The number of rotatable bonds is 15. The summed E-state index contributed by atoms with van der Waals surface area (Å²) in [6.45, 7) is 38.4. The number of aliphatic imine (C=N–C) groups is 6. The smallest absolute Gasteiger partial charge is 0.211 e. The first-order valence-corrected chi connectivity index (χ1v) is 20.8. The van der Waals surface area contributed by atoms with Crippen molar-refractivity contribution >= 4 is 58.3 Å². The molecule has 0 radical (unpaired) electrons. The first kappa shape index (κ1) is 46.6. The van der Waals surface area contributed by atoms with Crippen molar-refractivity contribution in [2.45, 2.75) is 178 Å². The van der Waals surface area contributed by atoms with Gasteiger partial charge in [0.1, 0.15) is 12.0 Å². The summed E-state index contributed by atoms with van der Waals surface area (Å²) in [5.74, 6) is 1.05. The zero-order chi connectivity index (χ0) is 43.0. The quantitative estimate of drug-likeness (QED) is 0.113. The minimum atomic E-state index is 0.0344. The normalized spacial score (nSPS) is 11.6. The van der Waals surface area contributed by atoms with Crippen LogP contribution < -0.4 is 0 Å². The van der Waals surface area contributed by atoms with E-state index in [1.807, 2.05) is 0 Å². The molecule has 0 atom stereocenters. The predicted molar refractivity (Wildman–Crippen MR) is 240 cm³/mol. The summed E-state index contributed by atoms with van der Waals surface area (Å²) >= 11 is 0. The molecule has 0 aliphatic heterocycles. The Kier molecular flexibility index (Phi) is 16.4. The maximum atomic E-state index is 11.7. The summed E-state index contributed by atoms with van der Waals surface area (Å²) < 4.78 is 0. The molecule has 0 bridgehead atoms. The lowest BCUT2D eigenvalue weighted by Gasteiger charge is -2.23. The van der Waals surface area contributed by atoms with Crippen LogP contribution in [0.5, 0.6) is 0 Å². The molecule has 8 nitrogen and oxygen atoms in total. The van der Waals surface area contributed by atoms with E-state index in [0.717, 1.165) is 72.8 Å². The molecule has 0 unspecified atom stereocenters. The lowest BCUT2D eigenvalue weighted by atomic mass is 9.85. The minimum Gasteiger partial charge on any atom is -0.211 e. The van der Waals surface area contributed by atoms with Crippen LogP contribution >= 0.6 is 0 Å². The van der Waals surface area contributed by atoms with Gasteiger partial charge in [-0.3, -0.25) is 0 Å². The van der Waals surface area contributed by atoms with Crippen LogP contribution in [0, 0.1) is 0 Å². The van der Waals surface area contributed by atoms with E-state index in [1.165, 1.54) is 0 Å². The highest BCUT2D eigenvalue weighted by Crippen LogP contribution is 2.48. The van der Waals surface area contributed by atoms with Gasteiger partial charge in [0.25, 0.3) is 0 Å². The molecule has 0 spiro atoms. The molecule has 0 N–H and O–H groups in total. The average molecular weight is 771 g/mol. The summed E-state index contributed by atoms with van der Waals surface area (Å²) in [6.07, 6.45) is 3.59. The summed E-state index contributed by atoms with van der Waals surface area (Å²) in [5, 5.41) is 0. The van der Waals surface area contributed by atoms with Crippen LogP contribution in [0.3, 0.4) is 0 Å². The summed E-state index contributed by atoms with van der Waals surface area (Å²) in [4.78, 5) is 51.9. The minimum absolute atomic E-state index is 0.0344. The highest BCUT2D eigenvalue weighted by Gasteiger charge is 2.26. The topological polar surface area (TPSA) is 108 Å². The van der Waals surface area contributed by atoms with Crippen molar-refractivity contribution < 1.29 is 9.59 Å². The van der Waals surface area contributed by atoms with Crippen molar-refractivity contribution in [2.75, 3.05) is 0 Å². The first-order chi connectivity index (χ1) is 26.7. The summed E-state index contributed by atoms with van der Waals surface area (Å²) in [5.41, 5.74) is 13.4. The third kappa shape index (κ3) is 10.4. The van der Waals surface area contributed by atoms with E-state index in [1.54, 1.807) is 12.2 Å². The zero-order valence-electron chi connectivity index (χ0n) is 37.9. The van der Waals surface area contributed by atoms with Gasteiger partial charge < -0.3 is 0 Å². The lowest BCUT2D eigenvalue weighted by Crippen LogP contribution is -2.02. The maximum absolute atomic E-state index is 11.7. The molecule has 3 aromatic rings. The molecule has 0 heterocycles. The van der Waals surface area contributed by atoms with Crippen molar-refractivity contribution in [1.29, 1.82) is 0 Å². The second kappa shape index (κ2) is 20.0. The average Bonchev–Trinajstić information content (AvgIpc) is 3.10. The van der Waals surface area contributed by atoms with Gasteiger partial charge in [0, 0.05) is 16.7 Å². The van der Waals surface area contributed by atoms with Gasteiger partial charge in [0.15, 0.2) is 0 Å². The van der Waals surface area contributed by atoms with Gasteiger partial charge >= 0.3 is 0 Å². The van der Waals surface area contributed by atoms with Crippen molar-refractivity contribution in [3.05, 3.63) is 68.3 Å². The van der Waals surface area contributed by atoms with E-state index >= 15 is 0 Å². The zero-order valence-corrected chi connectivity index (χ0v) is 37.9. The molecule has 3 rings (SSSR count). The molecule has 0 aliphatic rings. The second-order valence-electron chi connectivity index (χ2n) is 17.9. The van der Waals surface area contributed by atoms with Gasteiger partial charge in [-0.1, -0.05) is 143 Å². The van der Waals surface area contributed by atoms with E-state index in [2.05, 4.69) is 165 Å². The largest absolute Gasteiger partial charge is 0.240 e. The fourth-order valence-corrected chi connectivity index (χ4v) is 7.55. The summed E-state index contributed by atoms with van der Waals surface area (Å²) in [7, 11) is 0. The fraction of sp³-hybridized carbons (Fsp3) is 0.551. The molecule has 0 aromatic heterocycles. The van der Waals surface area contributed by atoms with Gasteiger partial charge in [-0.15, -0.1) is 0 Å².